The zero-order valence-electron chi connectivity index (χ0n) is 12.8. The van der Waals surface area contributed by atoms with Gasteiger partial charge in [-0.2, -0.15) is 0 Å². The molecule has 1 heterocycles. The van der Waals surface area contributed by atoms with Crippen molar-refractivity contribution in [3.05, 3.63) is 28.8 Å². The molecule has 1 aromatic rings. The molecule has 1 aliphatic rings. The third-order valence-corrected chi connectivity index (χ3v) is 5.76. The van der Waals surface area contributed by atoms with Crippen molar-refractivity contribution in [2.45, 2.75) is 43.5 Å². The normalized spacial score (nSPS) is 17.9. The van der Waals surface area contributed by atoms with Crippen LogP contribution in [0.1, 0.15) is 44.2 Å². The van der Waals surface area contributed by atoms with E-state index in [0.717, 1.165) is 19.3 Å². The maximum Gasteiger partial charge on any atom is 0.322 e. The molecular formula is C15H19ClN2O4S. The molecule has 1 unspecified atom stereocenters. The fraction of sp³-hybridized carbons (Fsp3) is 0.467. The van der Waals surface area contributed by atoms with Gasteiger partial charge in [-0.3, -0.25) is 10.1 Å². The van der Waals surface area contributed by atoms with Crippen LogP contribution in [0.25, 0.3) is 0 Å². The lowest BCUT2D eigenvalue weighted by molar-refractivity contribution is -0.120. The van der Waals surface area contributed by atoms with E-state index in [2.05, 4.69) is 10.6 Å². The molecule has 8 heteroatoms. The van der Waals surface area contributed by atoms with Crippen LogP contribution in [0.3, 0.4) is 0 Å². The molecule has 2 N–H and O–H groups in total. The molecule has 0 spiro atoms. The summed E-state index contributed by atoms with van der Waals surface area (Å²) in [6.45, 7) is 2.05. The minimum Gasteiger partial charge on any atom is -0.322 e. The Morgan fingerprint density at radius 3 is 2.52 bits per heavy atom. The Balaban J connectivity index is 2.31. The number of benzene rings is 1. The first kappa shape index (κ1) is 17.7. The van der Waals surface area contributed by atoms with E-state index in [1.807, 2.05) is 6.92 Å². The number of amides is 3. The fourth-order valence-electron chi connectivity index (χ4n) is 2.49. The van der Waals surface area contributed by atoms with E-state index in [4.69, 9.17) is 11.6 Å². The number of nitrogens with one attached hydrogen (secondary N) is 2. The van der Waals surface area contributed by atoms with Gasteiger partial charge < -0.3 is 5.32 Å². The highest BCUT2D eigenvalue weighted by molar-refractivity contribution is 7.91. The lowest BCUT2D eigenvalue weighted by Crippen LogP contribution is -2.23. The second-order valence-electron chi connectivity index (χ2n) is 5.46. The first-order chi connectivity index (χ1) is 10.8. The molecule has 1 aromatic carbocycles. The van der Waals surface area contributed by atoms with E-state index in [1.165, 1.54) is 18.2 Å². The van der Waals surface area contributed by atoms with E-state index in [1.54, 1.807) is 0 Å². The van der Waals surface area contributed by atoms with Crippen molar-refractivity contribution < 1.29 is 18.0 Å². The highest BCUT2D eigenvalue weighted by atomic mass is 35.5. The van der Waals surface area contributed by atoms with Crippen molar-refractivity contribution in [3.63, 3.8) is 0 Å². The highest BCUT2D eigenvalue weighted by Gasteiger charge is 2.35. The molecule has 126 valence electrons. The van der Waals surface area contributed by atoms with Crippen molar-refractivity contribution in [3.8, 4) is 0 Å². The third kappa shape index (κ3) is 4.23. The first-order valence-corrected chi connectivity index (χ1v) is 9.51. The van der Waals surface area contributed by atoms with E-state index < -0.39 is 27.8 Å². The number of carbonyl (C=O) groups is 2. The van der Waals surface area contributed by atoms with Gasteiger partial charge >= 0.3 is 6.03 Å². The number of carbonyl (C=O) groups excluding carboxylic acids is 2. The summed E-state index contributed by atoms with van der Waals surface area (Å²) in [4.78, 5) is 23.2. The molecule has 0 bridgehead atoms. The summed E-state index contributed by atoms with van der Waals surface area (Å²) in [5.74, 6) is -0.580. The predicted molar refractivity (Wildman–Crippen MR) is 87.1 cm³/mol. The SMILES string of the molecule is CCCCCCS(=O)(=O)c1ccc(Cl)cc1C1NC(=O)NC1=O. The van der Waals surface area contributed by atoms with E-state index in [9.17, 15) is 18.0 Å². The van der Waals surface area contributed by atoms with Gasteiger partial charge in [-0.15, -0.1) is 0 Å². The van der Waals surface area contributed by atoms with Crippen LogP contribution in [-0.2, 0) is 14.6 Å². The number of hydrogen-bond acceptors (Lipinski definition) is 4. The predicted octanol–water partition coefficient (Wildman–Crippen LogP) is 2.57. The maximum atomic E-state index is 12.6. The minimum atomic E-state index is -3.56. The number of hydrogen-bond donors (Lipinski definition) is 2. The molecule has 1 atom stereocenters. The third-order valence-electron chi connectivity index (χ3n) is 3.66. The topological polar surface area (TPSA) is 92.3 Å². The molecule has 1 saturated heterocycles. The Morgan fingerprint density at radius 2 is 1.91 bits per heavy atom. The molecule has 0 radical (unpaired) electrons. The van der Waals surface area contributed by atoms with Crippen LogP contribution in [0, 0.1) is 0 Å². The number of rotatable bonds is 7. The summed E-state index contributed by atoms with van der Waals surface area (Å²) >= 11 is 5.94. The van der Waals surface area contributed by atoms with E-state index in [-0.39, 0.29) is 16.2 Å². The molecule has 1 aliphatic heterocycles. The quantitative estimate of drug-likeness (QED) is 0.578. The summed E-state index contributed by atoms with van der Waals surface area (Å²) in [5, 5.41) is 4.81. The Labute approximate surface area is 140 Å². The molecule has 0 aromatic heterocycles. The summed E-state index contributed by atoms with van der Waals surface area (Å²) < 4.78 is 25.2. The number of unbranched alkanes of at least 4 members (excludes halogenated alkanes) is 3. The second-order valence-corrected chi connectivity index (χ2v) is 7.97. The van der Waals surface area contributed by atoms with Gasteiger partial charge in [-0.05, 0) is 24.6 Å². The van der Waals surface area contributed by atoms with Crippen molar-refractivity contribution in [1.82, 2.24) is 10.6 Å². The number of urea groups is 1. The summed E-state index contributed by atoms with van der Waals surface area (Å²) in [6, 6.07) is 2.59. The van der Waals surface area contributed by atoms with Gasteiger partial charge in [-0.25, -0.2) is 13.2 Å². The fourth-order valence-corrected chi connectivity index (χ4v) is 4.29. The van der Waals surface area contributed by atoms with Crippen LogP contribution in [0.5, 0.6) is 0 Å². The molecule has 2 rings (SSSR count). The summed E-state index contributed by atoms with van der Waals surface area (Å²) in [6.07, 6.45) is 3.38. The van der Waals surface area contributed by atoms with Gasteiger partial charge in [0.1, 0.15) is 6.04 Å². The number of sulfone groups is 1. The Morgan fingerprint density at radius 1 is 1.17 bits per heavy atom. The van der Waals surface area contributed by atoms with Gasteiger partial charge in [0, 0.05) is 10.6 Å². The van der Waals surface area contributed by atoms with Crippen molar-refractivity contribution in [2.24, 2.45) is 0 Å². The molecule has 3 amide bonds. The van der Waals surface area contributed by atoms with Gasteiger partial charge in [0.15, 0.2) is 9.84 Å². The van der Waals surface area contributed by atoms with Crippen molar-refractivity contribution in [2.75, 3.05) is 5.75 Å². The zero-order chi connectivity index (χ0) is 17.0. The maximum absolute atomic E-state index is 12.6. The molecular weight excluding hydrogens is 340 g/mol. The van der Waals surface area contributed by atoms with Gasteiger partial charge in [-0.1, -0.05) is 37.8 Å². The minimum absolute atomic E-state index is 0.00389. The van der Waals surface area contributed by atoms with Crippen LogP contribution >= 0.6 is 11.6 Å². The molecule has 1 fully saturated rings. The molecule has 0 aliphatic carbocycles. The molecule has 0 saturated carbocycles. The molecule has 23 heavy (non-hydrogen) atoms. The largest absolute Gasteiger partial charge is 0.322 e. The van der Waals surface area contributed by atoms with Crippen molar-refractivity contribution in [1.29, 1.82) is 0 Å². The van der Waals surface area contributed by atoms with E-state index >= 15 is 0 Å². The summed E-state index contributed by atoms with van der Waals surface area (Å²) in [7, 11) is -3.56. The monoisotopic (exact) mass is 358 g/mol. The average Bonchev–Trinajstić information content (AvgIpc) is 2.82. The van der Waals surface area contributed by atoms with Crippen LogP contribution in [0.4, 0.5) is 4.79 Å². The Bertz CT molecular complexity index is 718. The van der Waals surface area contributed by atoms with Crippen molar-refractivity contribution >= 4 is 33.4 Å². The van der Waals surface area contributed by atoms with Crippen LogP contribution in [-0.4, -0.2) is 26.1 Å². The lowest BCUT2D eigenvalue weighted by atomic mass is 10.1. The second kappa shape index (κ2) is 7.31. The van der Waals surface area contributed by atoms with Gasteiger partial charge in [0.25, 0.3) is 5.91 Å². The van der Waals surface area contributed by atoms with Gasteiger partial charge in [0.2, 0.25) is 0 Å². The Hall–Kier alpha value is -1.60. The van der Waals surface area contributed by atoms with E-state index in [0.29, 0.717) is 11.4 Å². The zero-order valence-corrected chi connectivity index (χ0v) is 14.3. The molecule has 6 nitrogen and oxygen atoms in total. The van der Waals surface area contributed by atoms with Crippen LogP contribution < -0.4 is 10.6 Å². The smallest absolute Gasteiger partial charge is 0.322 e. The van der Waals surface area contributed by atoms with Crippen LogP contribution in [0.15, 0.2) is 23.1 Å². The summed E-state index contributed by atoms with van der Waals surface area (Å²) in [5.41, 5.74) is 0.205. The van der Waals surface area contributed by atoms with Gasteiger partial charge in [0.05, 0.1) is 10.6 Å². The Kier molecular flexibility index (Phi) is 5.64. The number of halogens is 1. The lowest BCUT2D eigenvalue weighted by Gasteiger charge is -2.14. The number of imide groups is 1. The first-order valence-electron chi connectivity index (χ1n) is 7.48. The average molecular weight is 359 g/mol. The highest BCUT2D eigenvalue weighted by Crippen LogP contribution is 2.29. The van der Waals surface area contributed by atoms with Crippen LogP contribution in [0.2, 0.25) is 5.02 Å². The standard InChI is InChI=1S/C15H19ClN2O4S/c1-2-3-4-5-8-23(21,22)12-7-6-10(16)9-11(12)13-14(19)18-15(20)17-13/h6-7,9,13H,2-5,8H2,1H3,(H2,17,18,19,20).